The molecule has 0 aliphatic rings. The minimum Gasteiger partial charge on any atom is -0.226 e. The van der Waals surface area contributed by atoms with Crippen LogP contribution in [-0.2, 0) is 0 Å². The van der Waals surface area contributed by atoms with Crippen LogP contribution in [0, 0.1) is 5.82 Å². The molecule has 2 rings (SSSR count). The summed E-state index contributed by atoms with van der Waals surface area (Å²) >= 11 is 8.69. The second kappa shape index (κ2) is 3.20. The van der Waals surface area contributed by atoms with Crippen molar-refractivity contribution in [2.75, 3.05) is 0 Å². The number of benzene rings is 1. The zero-order valence-corrected chi connectivity index (χ0v) is 8.60. The predicted molar refractivity (Wildman–Crippen MR) is 52.2 cm³/mol. The van der Waals surface area contributed by atoms with Gasteiger partial charge in [0.05, 0.1) is 9.99 Å². The van der Waals surface area contributed by atoms with Crippen molar-refractivity contribution in [3.8, 4) is 0 Å². The van der Waals surface area contributed by atoms with Gasteiger partial charge in [0.25, 0.3) is 0 Å². The van der Waals surface area contributed by atoms with Gasteiger partial charge < -0.3 is 0 Å². The summed E-state index contributed by atoms with van der Waals surface area (Å²) in [5, 5.41) is 0.774. The lowest BCUT2D eigenvalue weighted by Gasteiger charge is -2.00. The summed E-state index contributed by atoms with van der Waals surface area (Å²) in [6, 6.07) is 2.89. The van der Waals surface area contributed by atoms with Gasteiger partial charge in [0, 0.05) is 11.6 Å². The van der Waals surface area contributed by atoms with Crippen LogP contribution in [0.3, 0.4) is 0 Å². The number of hydrogen-bond donors (Lipinski definition) is 0. The Morgan fingerprint density at radius 1 is 1.38 bits per heavy atom. The van der Waals surface area contributed by atoms with Gasteiger partial charge >= 0.3 is 0 Å². The molecule has 2 nitrogen and oxygen atoms in total. The van der Waals surface area contributed by atoms with Crippen LogP contribution in [0.5, 0.6) is 0 Å². The molecule has 0 aliphatic carbocycles. The molecule has 0 saturated carbocycles. The summed E-state index contributed by atoms with van der Waals surface area (Å²) in [4.78, 5) is 7.70. The van der Waals surface area contributed by atoms with Gasteiger partial charge in [-0.05, 0) is 39.7 Å². The largest absolute Gasteiger partial charge is 0.226 e. The minimum absolute atomic E-state index is 0.158. The smallest absolute Gasteiger partial charge is 0.222 e. The first-order valence-electron chi connectivity index (χ1n) is 3.45. The number of fused-ring (bicyclic) bond motifs is 1. The molecule has 0 atom stereocenters. The van der Waals surface area contributed by atoms with Crippen molar-refractivity contribution < 1.29 is 4.39 Å². The Kier molecular flexibility index (Phi) is 2.17. The van der Waals surface area contributed by atoms with Crippen LogP contribution >= 0.6 is 27.5 Å². The molecule has 13 heavy (non-hydrogen) atoms. The van der Waals surface area contributed by atoms with Crippen LogP contribution in [0.15, 0.2) is 22.8 Å². The summed E-state index contributed by atoms with van der Waals surface area (Å²) in [6.45, 7) is 0. The fourth-order valence-corrected chi connectivity index (χ4v) is 1.60. The van der Waals surface area contributed by atoms with E-state index in [0.717, 1.165) is 0 Å². The Morgan fingerprint density at radius 2 is 2.15 bits per heavy atom. The molecule has 0 fully saturated rings. The fourth-order valence-electron chi connectivity index (χ4n) is 1.02. The van der Waals surface area contributed by atoms with Crippen LogP contribution in [0.1, 0.15) is 0 Å². The molecule has 1 heterocycles. The van der Waals surface area contributed by atoms with Crippen molar-refractivity contribution in [2.45, 2.75) is 0 Å². The monoisotopic (exact) mass is 260 g/mol. The van der Waals surface area contributed by atoms with E-state index in [1.165, 1.54) is 12.3 Å². The Labute approximate surface area is 86.9 Å². The highest BCUT2D eigenvalue weighted by Crippen LogP contribution is 2.25. The normalized spacial score (nSPS) is 10.7. The van der Waals surface area contributed by atoms with E-state index in [4.69, 9.17) is 11.6 Å². The van der Waals surface area contributed by atoms with E-state index in [1.807, 2.05) is 0 Å². The first-order valence-corrected chi connectivity index (χ1v) is 4.62. The van der Waals surface area contributed by atoms with Crippen LogP contribution in [0.4, 0.5) is 4.39 Å². The van der Waals surface area contributed by atoms with E-state index in [2.05, 4.69) is 25.9 Å². The van der Waals surface area contributed by atoms with Gasteiger partial charge in [0.15, 0.2) is 0 Å². The molecule has 0 unspecified atom stereocenters. The third kappa shape index (κ3) is 1.51. The second-order valence-corrected chi connectivity index (χ2v) is 3.56. The number of rotatable bonds is 0. The van der Waals surface area contributed by atoms with Gasteiger partial charge in [-0.3, -0.25) is 0 Å². The number of nitrogens with zero attached hydrogens (tertiary/aromatic N) is 2. The van der Waals surface area contributed by atoms with E-state index in [9.17, 15) is 4.39 Å². The lowest BCUT2D eigenvalue weighted by Crippen LogP contribution is -1.86. The molecule has 2 aromatic rings. The van der Waals surface area contributed by atoms with Crippen molar-refractivity contribution in [2.24, 2.45) is 0 Å². The zero-order chi connectivity index (χ0) is 9.42. The van der Waals surface area contributed by atoms with Gasteiger partial charge in [-0.25, -0.2) is 14.4 Å². The van der Waals surface area contributed by atoms with Crippen LogP contribution in [-0.4, -0.2) is 9.97 Å². The van der Waals surface area contributed by atoms with Crippen LogP contribution in [0.2, 0.25) is 5.28 Å². The van der Waals surface area contributed by atoms with Crippen molar-refractivity contribution in [3.63, 3.8) is 0 Å². The first-order chi connectivity index (χ1) is 6.18. The molecule has 0 spiro atoms. The summed E-state index contributed by atoms with van der Waals surface area (Å²) in [7, 11) is 0. The van der Waals surface area contributed by atoms with Gasteiger partial charge in [0.1, 0.15) is 5.82 Å². The molecule has 66 valence electrons. The van der Waals surface area contributed by atoms with Crippen LogP contribution < -0.4 is 0 Å². The van der Waals surface area contributed by atoms with E-state index in [0.29, 0.717) is 15.4 Å². The van der Waals surface area contributed by atoms with Crippen molar-refractivity contribution in [1.82, 2.24) is 9.97 Å². The average Bonchev–Trinajstić information content (AvgIpc) is 2.12. The molecule has 0 N–H and O–H groups in total. The van der Waals surface area contributed by atoms with Gasteiger partial charge in [-0.1, -0.05) is 0 Å². The molecule has 0 saturated heterocycles. The molecule has 0 bridgehead atoms. The Bertz CT molecular complexity index is 475. The Balaban J connectivity index is 2.87. The summed E-state index contributed by atoms with van der Waals surface area (Å²) in [6.07, 6.45) is 1.48. The second-order valence-electron chi connectivity index (χ2n) is 2.43. The highest BCUT2D eigenvalue weighted by Gasteiger charge is 2.05. The summed E-state index contributed by atoms with van der Waals surface area (Å²) in [5.74, 6) is -0.335. The number of aromatic nitrogens is 2. The lowest BCUT2D eigenvalue weighted by molar-refractivity contribution is 0.623. The minimum atomic E-state index is -0.335. The Hall–Kier alpha value is -0.740. The third-order valence-electron chi connectivity index (χ3n) is 1.62. The van der Waals surface area contributed by atoms with Crippen molar-refractivity contribution in [3.05, 3.63) is 33.9 Å². The van der Waals surface area contributed by atoms with Crippen molar-refractivity contribution in [1.29, 1.82) is 0 Å². The third-order valence-corrected chi connectivity index (χ3v) is 2.61. The van der Waals surface area contributed by atoms with Crippen molar-refractivity contribution >= 4 is 38.4 Å². The quantitative estimate of drug-likeness (QED) is 0.681. The standard InChI is InChI=1S/C8H3BrClFN2/c9-7-4-3-12-8(10)13-6(4)2-1-5(7)11/h1-3H. The summed E-state index contributed by atoms with van der Waals surface area (Å²) in [5.41, 5.74) is 0.619. The van der Waals surface area contributed by atoms with Gasteiger partial charge in [-0.2, -0.15) is 0 Å². The highest BCUT2D eigenvalue weighted by molar-refractivity contribution is 9.10. The maximum Gasteiger partial charge on any atom is 0.222 e. The molecule has 1 aromatic carbocycles. The van der Waals surface area contributed by atoms with E-state index in [-0.39, 0.29) is 11.1 Å². The molecule has 0 aliphatic heterocycles. The number of halogens is 3. The Morgan fingerprint density at radius 3 is 2.92 bits per heavy atom. The molecule has 0 radical (unpaired) electrons. The molecule has 0 amide bonds. The maximum absolute atomic E-state index is 13.0. The molecular formula is C8H3BrClFN2. The zero-order valence-electron chi connectivity index (χ0n) is 6.26. The lowest BCUT2D eigenvalue weighted by atomic mass is 10.2. The highest BCUT2D eigenvalue weighted by atomic mass is 79.9. The van der Waals surface area contributed by atoms with E-state index >= 15 is 0 Å². The SMILES string of the molecule is Fc1ccc2nc(Cl)ncc2c1Br. The fraction of sp³-hybridized carbons (Fsp3) is 0. The number of hydrogen-bond acceptors (Lipinski definition) is 2. The first kappa shape index (κ1) is 8.84. The predicted octanol–water partition coefficient (Wildman–Crippen LogP) is 3.18. The summed E-state index contributed by atoms with van der Waals surface area (Å²) < 4.78 is 13.4. The topological polar surface area (TPSA) is 25.8 Å². The van der Waals surface area contributed by atoms with E-state index in [1.54, 1.807) is 6.07 Å². The molecule has 1 aromatic heterocycles. The van der Waals surface area contributed by atoms with Gasteiger partial charge in [0.2, 0.25) is 5.28 Å². The average molecular weight is 261 g/mol. The molecule has 5 heteroatoms. The van der Waals surface area contributed by atoms with E-state index < -0.39 is 0 Å². The van der Waals surface area contributed by atoms with Crippen LogP contribution in [0.25, 0.3) is 10.9 Å². The van der Waals surface area contributed by atoms with Gasteiger partial charge in [-0.15, -0.1) is 0 Å². The maximum atomic E-state index is 13.0. The molecular weight excluding hydrogens is 258 g/mol.